The van der Waals surface area contributed by atoms with Crippen LogP contribution >= 0.6 is 27.5 Å². The first-order valence-corrected chi connectivity index (χ1v) is 10.2. The molecule has 0 fully saturated rings. The van der Waals surface area contributed by atoms with Crippen molar-refractivity contribution in [1.29, 1.82) is 0 Å². The minimum absolute atomic E-state index is 0.249. The Bertz CT molecular complexity index is 887. The van der Waals surface area contributed by atoms with E-state index in [1.54, 1.807) is 19.1 Å². The third kappa shape index (κ3) is 6.37. The van der Waals surface area contributed by atoms with E-state index in [0.717, 1.165) is 26.7 Å². The minimum atomic E-state index is -0.795. The Kier molecular flexibility index (Phi) is 7.93. The Labute approximate surface area is 184 Å². The van der Waals surface area contributed by atoms with Crippen molar-refractivity contribution >= 4 is 39.3 Å². The molecule has 2 N–H and O–H groups in total. The average molecular weight is 484 g/mol. The van der Waals surface area contributed by atoms with Gasteiger partial charge in [-0.1, -0.05) is 27.5 Å². The molecule has 1 unspecified atom stereocenters. The number of hydrogen-bond donors (Lipinski definition) is 2. The molecule has 2 aromatic rings. The molecule has 0 aliphatic rings. The summed E-state index contributed by atoms with van der Waals surface area (Å²) < 4.78 is 12.2. The smallest absolute Gasteiger partial charge is 0.279 e. The molecule has 0 aliphatic carbocycles. The van der Waals surface area contributed by atoms with E-state index in [2.05, 4.69) is 26.8 Å². The summed E-state index contributed by atoms with van der Waals surface area (Å²) in [7, 11) is 0. The number of carbonyl (C=O) groups is 2. The summed E-state index contributed by atoms with van der Waals surface area (Å²) in [6.07, 6.45) is -0.795. The van der Waals surface area contributed by atoms with E-state index in [-0.39, 0.29) is 6.61 Å². The van der Waals surface area contributed by atoms with Crippen LogP contribution < -0.4 is 20.3 Å². The standard InChI is InChI=1S/C21H24BrClN2O4/c1-11-8-17(9-12(2)19(11)23)28-10-18(26)24-25-21(27)15(5)29-20-13(3)6-16(22)7-14(20)4/h6-9,15H,10H2,1-5H3,(H,24,26)(H,25,27). The first-order chi connectivity index (χ1) is 13.6. The van der Waals surface area contributed by atoms with Crippen LogP contribution in [0.15, 0.2) is 28.7 Å². The first kappa shape index (κ1) is 23.0. The number of amides is 2. The Morgan fingerprint density at radius 1 is 1.00 bits per heavy atom. The van der Waals surface area contributed by atoms with Gasteiger partial charge in [-0.15, -0.1) is 0 Å². The van der Waals surface area contributed by atoms with Gasteiger partial charge in [0.05, 0.1) is 0 Å². The summed E-state index contributed by atoms with van der Waals surface area (Å²) in [5.74, 6) is 0.202. The minimum Gasteiger partial charge on any atom is -0.484 e. The van der Waals surface area contributed by atoms with Crippen LogP contribution in [0.1, 0.15) is 29.2 Å². The molecular formula is C21H24BrClN2O4. The summed E-state index contributed by atoms with van der Waals surface area (Å²) in [4.78, 5) is 24.2. The van der Waals surface area contributed by atoms with Gasteiger partial charge in [0, 0.05) is 9.50 Å². The van der Waals surface area contributed by atoms with Crippen LogP contribution in [0.25, 0.3) is 0 Å². The number of aryl methyl sites for hydroxylation is 4. The van der Waals surface area contributed by atoms with E-state index in [1.165, 1.54) is 0 Å². The predicted molar refractivity (Wildman–Crippen MR) is 116 cm³/mol. The van der Waals surface area contributed by atoms with Gasteiger partial charge in [0.15, 0.2) is 12.7 Å². The Morgan fingerprint density at radius 3 is 2.10 bits per heavy atom. The molecule has 6 nitrogen and oxygen atoms in total. The van der Waals surface area contributed by atoms with Gasteiger partial charge in [-0.05, 0) is 81.1 Å². The molecule has 0 aromatic heterocycles. The van der Waals surface area contributed by atoms with Crippen molar-refractivity contribution in [2.24, 2.45) is 0 Å². The lowest BCUT2D eigenvalue weighted by Gasteiger charge is -2.18. The normalized spacial score (nSPS) is 11.6. The highest BCUT2D eigenvalue weighted by molar-refractivity contribution is 9.10. The van der Waals surface area contributed by atoms with Crippen LogP contribution in [-0.2, 0) is 9.59 Å². The molecule has 1 atom stereocenters. The van der Waals surface area contributed by atoms with Gasteiger partial charge >= 0.3 is 0 Å². The van der Waals surface area contributed by atoms with Gasteiger partial charge in [0.25, 0.3) is 11.8 Å². The van der Waals surface area contributed by atoms with E-state index in [1.807, 2.05) is 39.8 Å². The molecule has 0 bridgehead atoms. The number of ether oxygens (including phenoxy) is 2. The van der Waals surface area contributed by atoms with Crippen molar-refractivity contribution in [1.82, 2.24) is 10.9 Å². The highest BCUT2D eigenvalue weighted by atomic mass is 79.9. The molecule has 0 spiro atoms. The Balaban J connectivity index is 1.84. The molecule has 0 heterocycles. The lowest BCUT2D eigenvalue weighted by molar-refractivity contribution is -0.133. The highest BCUT2D eigenvalue weighted by Gasteiger charge is 2.18. The number of halogens is 2. The second kappa shape index (κ2) is 9.98. The molecule has 0 aliphatic heterocycles. The molecule has 8 heteroatoms. The zero-order chi connectivity index (χ0) is 21.7. The summed E-state index contributed by atoms with van der Waals surface area (Å²) in [6, 6.07) is 7.32. The van der Waals surface area contributed by atoms with Crippen molar-refractivity contribution in [2.45, 2.75) is 40.7 Å². The van der Waals surface area contributed by atoms with Gasteiger partial charge in [0.1, 0.15) is 11.5 Å². The van der Waals surface area contributed by atoms with E-state index in [0.29, 0.717) is 16.5 Å². The quantitative estimate of drug-likeness (QED) is 0.600. The number of hydrazine groups is 1. The molecule has 156 valence electrons. The third-order valence-corrected chi connectivity index (χ3v) is 5.25. The predicted octanol–water partition coefficient (Wildman–Crippen LogP) is 4.33. The maximum atomic E-state index is 12.2. The van der Waals surface area contributed by atoms with Crippen LogP contribution in [-0.4, -0.2) is 24.5 Å². The molecule has 2 rings (SSSR count). The molecule has 2 aromatic carbocycles. The van der Waals surface area contributed by atoms with Gasteiger partial charge in [-0.3, -0.25) is 20.4 Å². The molecule has 0 saturated carbocycles. The lowest BCUT2D eigenvalue weighted by Crippen LogP contribution is -2.48. The van der Waals surface area contributed by atoms with Crippen molar-refractivity contribution < 1.29 is 19.1 Å². The van der Waals surface area contributed by atoms with E-state index < -0.39 is 17.9 Å². The van der Waals surface area contributed by atoms with Gasteiger partial charge in [-0.25, -0.2) is 0 Å². The van der Waals surface area contributed by atoms with Gasteiger partial charge in [-0.2, -0.15) is 0 Å². The zero-order valence-electron chi connectivity index (χ0n) is 17.0. The van der Waals surface area contributed by atoms with Crippen LogP contribution in [0.2, 0.25) is 5.02 Å². The molecular weight excluding hydrogens is 460 g/mol. The Hall–Kier alpha value is -2.25. The third-order valence-electron chi connectivity index (χ3n) is 4.19. The maximum absolute atomic E-state index is 12.2. The number of carbonyl (C=O) groups excluding carboxylic acids is 2. The molecule has 0 saturated heterocycles. The second-order valence-electron chi connectivity index (χ2n) is 6.83. The fraction of sp³-hybridized carbons (Fsp3) is 0.333. The second-order valence-corrected chi connectivity index (χ2v) is 8.12. The highest BCUT2D eigenvalue weighted by Crippen LogP contribution is 2.28. The first-order valence-electron chi connectivity index (χ1n) is 9.00. The lowest BCUT2D eigenvalue weighted by atomic mass is 10.1. The largest absolute Gasteiger partial charge is 0.484 e. The average Bonchev–Trinajstić information content (AvgIpc) is 2.64. The van der Waals surface area contributed by atoms with Gasteiger partial charge in [0.2, 0.25) is 0 Å². The summed E-state index contributed by atoms with van der Waals surface area (Å²) in [5.41, 5.74) is 8.20. The number of rotatable bonds is 6. The fourth-order valence-corrected chi connectivity index (χ4v) is 3.52. The summed E-state index contributed by atoms with van der Waals surface area (Å²) in [5, 5.41) is 0.666. The fourth-order valence-electron chi connectivity index (χ4n) is 2.72. The van der Waals surface area contributed by atoms with Crippen LogP contribution in [0.3, 0.4) is 0 Å². The van der Waals surface area contributed by atoms with Crippen molar-refractivity contribution in [3.05, 3.63) is 56.0 Å². The topological polar surface area (TPSA) is 76.7 Å². The molecule has 0 radical (unpaired) electrons. The number of hydrogen-bond acceptors (Lipinski definition) is 4. The van der Waals surface area contributed by atoms with Crippen LogP contribution in [0, 0.1) is 27.7 Å². The van der Waals surface area contributed by atoms with E-state index in [4.69, 9.17) is 21.1 Å². The van der Waals surface area contributed by atoms with E-state index >= 15 is 0 Å². The summed E-state index contributed by atoms with van der Waals surface area (Å²) in [6.45, 7) is 8.88. The van der Waals surface area contributed by atoms with Crippen molar-refractivity contribution in [3.8, 4) is 11.5 Å². The summed E-state index contributed by atoms with van der Waals surface area (Å²) >= 11 is 9.54. The van der Waals surface area contributed by atoms with Crippen LogP contribution in [0.5, 0.6) is 11.5 Å². The zero-order valence-corrected chi connectivity index (χ0v) is 19.3. The van der Waals surface area contributed by atoms with Gasteiger partial charge < -0.3 is 9.47 Å². The van der Waals surface area contributed by atoms with Crippen LogP contribution in [0.4, 0.5) is 0 Å². The van der Waals surface area contributed by atoms with Crippen molar-refractivity contribution in [3.63, 3.8) is 0 Å². The SMILES string of the molecule is Cc1cc(OCC(=O)NNC(=O)C(C)Oc2c(C)cc(Br)cc2C)cc(C)c1Cl. The van der Waals surface area contributed by atoms with Crippen molar-refractivity contribution in [2.75, 3.05) is 6.61 Å². The monoisotopic (exact) mass is 482 g/mol. The Morgan fingerprint density at radius 2 is 1.55 bits per heavy atom. The number of benzene rings is 2. The van der Waals surface area contributed by atoms with E-state index in [9.17, 15) is 9.59 Å². The molecule has 2 amide bonds. The number of nitrogens with one attached hydrogen (secondary N) is 2. The molecule has 29 heavy (non-hydrogen) atoms. The maximum Gasteiger partial charge on any atom is 0.279 e.